The number of ketones is 1. The number of hydrogen-bond acceptors (Lipinski definition) is 7. The molecule has 0 aromatic heterocycles. The molecule has 0 fully saturated rings. The largest absolute Gasteiger partial charge is 0.469 e. The Hall–Kier alpha value is -2.56. The van der Waals surface area contributed by atoms with Crippen molar-refractivity contribution in [1.29, 1.82) is 0 Å². The predicted octanol–water partition coefficient (Wildman–Crippen LogP) is 4.47. The molecule has 0 aliphatic rings. The molecular formula is C28H46N2O7Si. The van der Waals surface area contributed by atoms with E-state index in [0.717, 1.165) is 5.56 Å². The second-order valence-electron chi connectivity index (χ2n) is 11.4. The fourth-order valence-electron chi connectivity index (χ4n) is 3.38. The van der Waals surface area contributed by atoms with Gasteiger partial charge in [0.2, 0.25) is 11.8 Å². The summed E-state index contributed by atoms with van der Waals surface area (Å²) in [6.07, 6.45) is 1.46. The fourth-order valence-corrected chi connectivity index (χ4v) is 4.34. The maximum Gasteiger partial charge on any atom is 0.305 e. The van der Waals surface area contributed by atoms with Gasteiger partial charge in [-0.05, 0) is 61.2 Å². The highest BCUT2D eigenvalue weighted by Crippen LogP contribution is 2.37. The number of hydrogen-bond donors (Lipinski definition) is 3. The molecule has 0 unspecified atom stereocenters. The number of esters is 1. The summed E-state index contributed by atoms with van der Waals surface area (Å²) >= 11 is 0. The van der Waals surface area contributed by atoms with Crippen molar-refractivity contribution in [2.45, 2.75) is 104 Å². The zero-order chi connectivity index (χ0) is 29.1. The summed E-state index contributed by atoms with van der Waals surface area (Å²) in [5.74, 6) is -1.79. The molecule has 0 saturated carbocycles. The number of anilines is 1. The van der Waals surface area contributed by atoms with Crippen LogP contribution in [0.5, 0.6) is 0 Å². The Morgan fingerprint density at radius 3 is 2.18 bits per heavy atom. The van der Waals surface area contributed by atoms with Gasteiger partial charge in [-0.15, -0.1) is 0 Å². The molecule has 0 aliphatic heterocycles. The number of benzene rings is 1. The van der Waals surface area contributed by atoms with Crippen molar-refractivity contribution < 1.29 is 33.4 Å². The SMILES string of the molecule is COC(=O)CCCCC(=O)N[C@@H](C)C(=O)C[C@@H](C)C(=O)Nc1cc(CO)cc(CO[Si](C)(C)C(C)(C)C)c1. The van der Waals surface area contributed by atoms with E-state index in [-0.39, 0.29) is 54.5 Å². The normalized spacial score (nSPS) is 13.4. The lowest BCUT2D eigenvalue weighted by atomic mass is 9.99. The third kappa shape index (κ3) is 11.4. The summed E-state index contributed by atoms with van der Waals surface area (Å²) in [5, 5.41) is 15.3. The van der Waals surface area contributed by atoms with E-state index in [1.165, 1.54) is 7.11 Å². The van der Waals surface area contributed by atoms with E-state index in [1.54, 1.807) is 19.9 Å². The van der Waals surface area contributed by atoms with Crippen LogP contribution < -0.4 is 10.6 Å². The number of rotatable bonds is 15. The molecule has 10 heteroatoms. The Labute approximate surface area is 228 Å². The Kier molecular flexibility index (Phi) is 13.3. The summed E-state index contributed by atoms with van der Waals surface area (Å²) in [7, 11) is -0.657. The minimum absolute atomic E-state index is 0.0311. The average Bonchev–Trinajstić information content (AvgIpc) is 2.84. The minimum Gasteiger partial charge on any atom is -0.469 e. The van der Waals surface area contributed by atoms with Crippen LogP contribution in [0.1, 0.15) is 77.8 Å². The average molecular weight is 551 g/mol. The molecule has 1 aromatic rings. The van der Waals surface area contributed by atoms with Crippen molar-refractivity contribution in [2.75, 3.05) is 12.4 Å². The van der Waals surface area contributed by atoms with Gasteiger partial charge in [-0.25, -0.2) is 0 Å². The number of aliphatic hydroxyl groups excluding tert-OH is 1. The van der Waals surface area contributed by atoms with Gasteiger partial charge in [-0.3, -0.25) is 19.2 Å². The molecular weight excluding hydrogens is 504 g/mol. The molecule has 0 saturated heterocycles. The van der Waals surface area contributed by atoms with Crippen LogP contribution in [0, 0.1) is 5.92 Å². The second-order valence-corrected chi connectivity index (χ2v) is 16.2. The Morgan fingerprint density at radius 2 is 1.61 bits per heavy atom. The number of aliphatic hydroxyl groups is 1. The molecule has 0 aliphatic carbocycles. The number of amides is 2. The smallest absolute Gasteiger partial charge is 0.305 e. The number of ether oxygens (including phenoxy) is 1. The van der Waals surface area contributed by atoms with E-state index in [2.05, 4.69) is 49.2 Å². The van der Waals surface area contributed by atoms with Crippen LogP contribution in [0.3, 0.4) is 0 Å². The van der Waals surface area contributed by atoms with Crippen LogP contribution in [0.4, 0.5) is 5.69 Å². The van der Waals surface area contributed by atoms with Gasteiger partial charge in [-0.1, -0.05) is 33.8 Å². The Morgan fingerprint density at radius 1 is 1.00 bits per heavy atom. The third-order valence-corrected chi connectivity index (χ3v) is 11.5. The van der Waals surface area contributed by atoms with Gasteiger partial charge in [0.15, 0.2) is 14.1 Å². The number of carbonyl (C=O) groups excluding carboxylic acids is 4. The van der Waals surface area contributed by atoms with Gasteiger partial charge in [-0.2, -0.15) is 0 Å². The molecule has 1 rings (SSSR count). The fraction of sp³-hybridized carbons (Fsp3) is 0.643. The second kappa shape index (κ2) is 15.1. The van der Waals surface area contributed by atoms with Gasteiger partial charge < -0.3 is 24.9 Å². The van der Waals surface area contributed by atoms with Gasteiger partial charge in [0.05, 0.1) is 26.4 Å². The Bertz CT molecular complexity index is 972. The molecule has 1 aromatic carbocycles. The van der Waals surface area contributed by atoms with Crippen molar-refractivity contribution in [1.82, 2.24) is 5.32 Å². The maximum atomic E-state index is 12.8. The van der Waals surface area contributed by atoms with Gasteiger partial charge in [0.25, 0.3) is 0 Å². The molecule has 38 heavy (non-hydrogen) atoms. The van der Waals surface area contributed by atoms with Crippen LogP contribution >= 0.6 is 0 Å². The van der Waals surface area contributed by atoms with E-state index in [4.69, 9.17) is 4.43 Å². The first-order valence-electron chi connectivity index (χ1n) is 13.2. The van der Waals surface area contributed by atoms with Crippen LogP contribution in [-0.4, -0.2) is 50.1 Å². The monoisotopic (exact) mass is 550 g/mol. The Balaban J connectivity index is 2.66. The lowest BCUT2D eigenvalue weighted by Gasteiger charge is -2.36. The standard InChI is InChI=1S/C28H46N2O7Si/c1-19(13-24(32)20(2)29-25(33)11-9-10-12-26(34)36-6)27(35)30-23-15-21(17-31)14-22(16-23)18-37-38(7,8)28(3,4)5/h14-16,19-20,31H,9-13,17-18H2,1-8H3,(H,29,33)(H,30,35)/t19-,20+/m1/s1. The van der Waals surface area contributed by atoms with Gasteiger partial charge in [0.1, 0.15) is 0 Å². The highest BCUT2D eigenvalue weighted by molar-refractivity contribution is 6.74. The van der Waals surface area contributed by atoms with E-state index in [9.17, 15) is 24.3 Å². The first-order valence-corrected chi connectivity index (χ1v) is 16.1. The van der Waals surface area contributed by atoms with Crippen molar-refractivity contribution in [3.63, 3.8) is 0 Å². The maximum absolute atomic E-state index is 12.8. The first kappa shape index (κ1) is 33.5. The molecule has 2 amide bonds. The summed E-state index contributed by atoms with van der Waals surface area (Å²) in [4.78, 5) is 48.7. The van der Waals surface area contributed by atoms with E-state index in [0.29, 0.717) is 30.7 Å². The molecule has 2 atom stereocenters. The zero-order valence-corrected chi connectivity index (χ0v) is 25.2. The summed E-state index contributed by atoms with van der Waals surface area (Å²) in [6.45, 7) is 14.3. The highest BCUT2D eigenvalue weighted by atomic mass is 28.4. The van der Waals surface area contributed by atoms with Crippen LogP contribution in [-0.2, 0) is 41.6 Å². The number of methoxy groups -OCH3 is 1. The number of Topliss-reactive ketones (excluding diaryl/α,β-unsaturated/α-hetero) is 1. The van der Waals surface area contributed by atoms with Crippen LogP contribution in [0.15, 0.2) is 18.2 Å². The third-order valence-electron chi connectivity index (χ3n) is 6.99. The topological polar surface area (TPSA) is 131 Å². The van der Waals surface area contributed by atoms with Gasteiger partial charge >= 0.3 is 5.97 Å². The lowest BCUT2D eigenvalue weighted by molar-refractivity contribution is -0.140. The molecule has 0 spiro atoms. The molecule has 9 nitrogen and oxygen atoms in total. The quantitative estimate of drug-likeness (QED) is 0.167. The molecule has 0 radical (unpaired) electrons. The van der Waals surface area contributed by atoms with Crippen molar-refractivity contribution >= 4 is 37.6 Å². The van der Waals surface area contributed by atoms with Crippen LogP contribution in [0.25, 0.3) is 0 Å². The summed E-state index contributed by atoms with van der Waals surface area (Å²) in [6, 6.07) is 4.65. The number of nitrogens with one attached hydrogen (secondary N) is 2. The number of unbranched alkanes of at least 4 members (excludes halogenated alkanes) is 1. The van der Waals surface area contributed by atoms with E-state index >= 15 is 0 Å². The lowest BCUT2D eigenvalue weighted by Crippen LogP contribution is -2.40. The molecule has 214 valence electrons. The van der Waals surface area contributed by atoms with Crippen molar-refractivity contribution in [3.8, 4) is 0 Å². The van der Waals surface area contributed by atoms with E-state index in [1.807, 2.05) is 12.1 Å². The first-order chi connectivity index (χ1) is 17.6. The summed E-state index contributed by atoms with van der Waals surface area (Å²) in [5.41, 5.74) is 2.04. The van der Waals surface area contributed by atoms with Gasteiger partial charge in [0, 0.05) is 30.9 Å². The number of carbonyl (C=O) groups is 4. The minimum atomic E-state index is -1.98. The highest BCUT2D eigenvalue weighted by Gasteiger charge is 2.37. The van der Waals surface area contributed by atoms with Crippen molar-refractivity contribution in [2.24, 2.45) is 5.92 Å². The van der Waals surface area contributed by atoms with E-state index < -0.39 is 20.3 Å². The zero-order valence-electron chi connectivity index (χ0n) is 24.2. The van der Waals surface area contributed by atoms with Crippen molar-refractivity contribution in [3.05, 3.63) is 29.3 Å². The van der Waals surface area contributed by atoms with Crippen LogP contribution in [0.2, 0.25) is 18.1 Å². The summed E-state index contributed by atoms with van der Waals surface area (Å²) < 4.78 is 10.9. The molecule has 3 N–H and O–H groups in total. The molecule has 0 bridgehead atoms. The predicted molar refractivity (Wildman–Crippen MR) is 150 cm³/mol. The molecule has 0 heterocycles.